The summed E-state index contributed by atoms with van der Waals surface area (Å²) >= 11 is 11.2. The Kier molecular flexibility index (Phi) is 5.98. The zero-order chi connectivity index (χ0) is 20.7. The summed E-state index contributed by atoms with van der Waals surface area (Å²) in [6, 6.07) is 1.13. The van der Waals surface area contributed by atoms with Gasteiger partial charge in [0.25, 0.3) is 0 Å². The van der Waals surface area contributed by atoms with Crippen LogP contribution in [0.1, 0.15) is 18.2 Å². The van der Waals surface area contributed by atoms with Gasteiger partial charge in [-0.05, 0) is 30.8 Å². The molecule has 2 aromatic rings. The number of carbonyl (C=O) groups excluding carboxylic acids is 1. The van der Waals surface area contributed by atoms with Crippen LogP contribution in [0, 0.1) is 6.92 Å². The fraction of sp³-hybridized carbons (Fsp3) is 0.286. The van der Waals surface area contributed by atoms with Crippen LogP contribution in [0.4, 0.5) is 32.2 Å². The van der Waals surface area contributed by atoms with Gasteiger partial charge in [0.2, 0.25) is 5.91 Å². The Hall–Kier alpha value is -1.59. The molecule has 1 amide bonds. The molecule has 148 valence electrons. The standard InChI is InChI=1S/C14H9Cl2F6N3OS/c1-5-11(27-14(20,21)22)12(23-6(2)26)25(24-5)10-8(15)3-7(4-9(10)16)13(17,18)19/h3-4H,1-2H3,(H,23,26). The molecule has 27 heavy (non-hydrogen) atoms. The summed E-state index contributed by atoms with van der Waals surface area (Å²) < 4.78 is 77.8. The first-order valence-electron chi connectivity index (χ1n) is 6.90. The zero-order valence-corrected chi connectivity index (χ0v) is 15.7. The van der Waals surface area contributed by atoms with Gasteiger partial charge in [-0.15, -0.1) is 0 Å². The molecule has 0 aliphatic carbocycles. The highest BCUT2D eigenvalue weighted by molar-refractivity contribution is 8.00. The first kappa shape index (κ1) is 21.7. The second-order valence-electron chi connectivity index (χ2n) is 5.19. The SMILES string of the molecule is CC(=O)Nc1c(SC(F)(F)F)c(C)nn1-c1c(Cl)cc(C(F)(F)F)cc1Cl. The van der Waals surface area contributed by atoms with Crippen LogP contribution in [0.25, 0.3) is 5.69 Å². The number of hydrogen-bond donors (Lipinski definition) is 1. The molecular formula is C14H9Cl2F6N3OS. The Bertz CT molecular complexity index is 871. The molecule has 2 rings (SSSR count). The number of rotatable bonds is 3. The van der Waals surface area contributed by atoms with E-state index in [-0.39, 0.29) is 11.4 Å². The summed E-state index contributed by atoms with van der Waals surface area (Å²) in [6.07, 6.45) is -4.73. The van der Waals surface area contributed by atoms with Gasteiger partial charge in [0.15, 0.2) is 5.82 Å². The van der Waals surface area contributed by atoms with E-state index in [1.165, 1.54) is 6.92 Å². The second-order valence-corrected chi connectivity index (χ2v) is 7.08. The molecule has 0 radical (unpaired) electrons. The van der Waals surface area contributed by atoms with Crippen LogP contribution in [0.15, 0.2) is 17.0 Å². The molecule has 0 unspecified atom stereocenters. The molecule has 4 nitrogen and oxygen atoms in total. The average molecular weight is 452 g/mol. The molecule has 0 bridgehead atoms. The van der Waals surface area contributed by atoms with E-state index in [1.807, 2.05) is 0 Å². The molecule has 0 spiro atoms. The van der Waals surface area contributed by atoms with Crippen molar-refractivity contribution in [1.29, 1.82) is 0 Å². The average Bonchev–Trinajstić information content (AvgIpc) is 2.72. The van der Waals surface area contributed by atoms with Gasteiger partial charge in [0.1, 0.15) is 5.69 Å². The van der Waals surface area contributed by atoms with Crippen molar-refractivity contribution >= 4 is 46.7 Å². The summed E-state index contributed by atoms with van der Waals surface area (Å²) in [4.78, 5) is 11.0. The van der Waals surface area contributed by atoms with Crippen LogP contribution < -0.4 is 5.32 Å². The number of alkyl halides is 6. The highest BCUT2D eigenvalue weighted by Crippen LogP contribution is 2.45. The van der Waals surface area contributed by atoms with Crippen molar-refractivity contribution in [2.45, 2.75) is 30.4 Å². The minimum atomic E-state index is -4.73. The van der Waals surface area contributed by atoms with Crippen LogP contribution in [0.3, 0.4) is 0 Å². The van der Waals surface area contributed by atoms with E-state index in [0.29, 0.717) is 12.1 Å². The van der Waals surface area contributed by atoms with Crippen molar-refractivity contribution in [3.63, 3.8) is 0 Å². The van der Waals surface area contributed by atoms with E-state index in [2.05, 4.69) is 10.4 Å². The molecule has 1 aromatic heterocycles. The van der Waals surface area contributed by atoms with Crippen molar-refractivity contribution < 1.29 is 31.1 Å². The summed E-state index contributed by atoms with van der Waals surface area (Å²) in [6.45, 7) is 2.28. The Labute approximate surface area is 162 Å². The molecule has 0 aliphatic heterocycles. The Morgan fingerprint density at radius 3 is 2.07 bits per heavy atom. The van der Waals surface area contributed by atoms with Crippen molar-refractivity contribution in [1.82, 2.24) is 9.78 Å². The number of aryl methyl sites for hydroxylation is 1. The summed E-state index contributed by atoms with van der Waals surface area (Å²) in [5, 5.41) is 5.03. The highest BCUT2D eigenvalue weighted by atomic mass is 35.5. The normalized spacial score (nSPS) is 12.4. The largest absolute Gasteiger partial charge is 0.446 e. The molecule has 0 atom stereocenters. The lowest BCUT2D eigenvalue weighted by Gasteiger charge is -2.15. The van der Waals surface area contributed by atoms with Gasteiger partial charge in [-0.3, -0.25) is 4.79 Å². The monoisotopic (exact) mass is 451 g/mol. The van der Waals surface area contributed by atoms with E-state index in [9.17, 15) is 31.1 Å². The minimum absolute atomic E-state index is 0.131. The van der Waals surface area contributed by atoms with Crippen LogP contribution in [0.2, 0.25) is 10.0 Å². The summed E-state index contributed by atoms with van der Waals surface area (Å²) in [5.74, 6) is -1.13. The summed E-state index contributed by atoms with van der Waals surface area (Å²) in [7, 11) is 0. The maximum absolute atomic E-state index is 12.9. The molecule has 1 N–H and O–H groups in total. The number of thioether (sulfide) groups is 1. The number of amides is 1. The number of hydrogen-bond acceptors (Lipinski definition) is 3. The lowest BCUT2D eigenvalue weighted by atomic mass is 10.2. The molecule has 0 saturated heterocycles. The van der Waals surface area contributed by atoms with Crippen molar-refractivity contribution in [3.8, 4) is 5.69 Å². The lowest BCUT2D eigenvalue weighted by Crippen LogP contribution is -2.13. The topological polar surface area (TPSA) is 46.9 Å². The van der Waals surface area contributed by atoms with Crippen LogP contribution in [0.5, 0.6) is 0 Å². The van der Waals surface area contributed by atoms with Gasteiger partial charge in [-0.25, -0.2) is 4.68 Å². The number of anilines is 1. The third-order valence-corrected chi connectivity index (χ3v) is 4.57. The van der Waals surface area contributed by atoms with Gasteiger partial charge in [-0.2, -0.15) is 31.4 Å². The van der Waals surface area contributed by atoms with Crippen LogP contribution >= 0.6 is 35.0 Å². The molecule has 0 aliphatic rings. The van der Waals surface area contributed by atoms with E-state index >= 15 is 0 Å². The maximum Gasteiger partial charge on any atom is 0.446 e. The van der Waals surface area contributed by atoms with Crippen LogP contribution in [-0.4, -0.2) is 21.2 Å². The van der Waals surface area contributed by atoms with E-state index in [0.717, 1.165) is 11.6 Å². The zero-order valence-electron chi connectivity index (χ0n) is 13.4. The quantitative estimate of drug-likeness (QED) is 0.454. The van der Waals surface area contributed by atoms with Gasteiger partial charge in [0, 0.05) is 6.92 Å². The Morgan fingerprint density at radius 2 is 1.67 bits per heavy atom. The fourth-order valence-corrected chi connectivity index (χ4v) is 3.42. The third kappa shape index (κ3) is 5.02. The predicted molar refractivity (Wildman–Crippen MR) is 89.5 cm³/mol. The van der Waals surface area contributed by atoms with Gasteiger partial charge >= 0.3 is 11.7 Å². The minimum Gasteiger partial charge on any atom is -0.310 e. The number of aromatic nitrogens is 2. The molecule has 0 fully saturated rings. The molecular weight excluding hydrogens is 443 g/mol. The van der Waals surface area contributed by atoms with Crippen LogP contribution in [-0.2, 0) is 11.0 Å². The van der Waals surface area contributed by atoms with Crippen molar-refractivity contribution in [2.24, 2.45) is 0 Å². The Morgan fingerprint density at radius 1 is 1.15 bits per heavy atom. The predicted octanol–water partition coefficient (Wildman–Crippen LogP) is 6.08. The van der Waals surface area contributed by atoms with Gasteiger partial charge in [-0.1, -0.05) is 23.2 Å². The summed E-state index contributed by atoms with van der Waals surface area (Å²) in [5.41, 5.74) is -6.27. The third-order valence-electron chi connectivity index (χ3n) is 3.07. The maximum atomic E-state index is 12.9. The van der Waals surface area contributed by atoms with Gasteiger partial charge in [0.05, 0.1) is 26.2 Å². The first-order chi connectivity index (χ1) is 12.2. The first-order valence-corrected chi connectivity index (χ1v) is 8.47. The second kappa shape index (κ2) is 7.44. The Balaban J connectivity index is 2.72. The van der Waals surface area contributed by atoms with E-state index in [1.54, 1.807) is 0 Å². The van der Waals surface area contributed by atoms with Crippen molar-refractivity contribution in [3.05, 3.63) is 33.4 Å². The number of halogens is 8. The number of nitrogens with zero attached hydrogens (tertiary/aromatic N) is 2. The lowest BCUT2D eigenvalue weighted by molar-refractivity contribution is -0.137. The van der Waals surface area contributed by atoms with Gasteiger partial charge < -0.3 is 5.32 Å². The number of benzene rings is 1. The fourth-order valence-electron chi connectivity index (χ4n) is 2.12. The van der Waals surface area contributed by atoms with E-state index in [4.69, 9.17) is 23.2 Å². The highest BCUT2D eigenvalue weighted by Gasteiger charge is 2.36. The smallest absolute Gasteiger partial charge is 0.310 e. The number of carbonyl (C=O) groups is 1. The van der Waals surface area contributed by atoms with Crippen molar-refractivity contribution in [2.75, 3.05) is 5.32 Å². The number of nitrogens with one attached hydrogen (secondary N) is 1. The molecule has 0 saturated carbocycles. The van der Waals surface area contributed by atoms with E-state index < -0.39 is 55.7 Å². The molecule has 1 aromatic carbocycles. The molecule has 13 heteroatoms. The molecule has 1 heterocycles.